The number of aromatic nitrogens is 3. The van der Waals surface area contributed by atoms with E-state index in [0.717, 1.165) is 42.7 Å². The maximum Gasteiger partial charge on any atom is 0.230 e. The lowest BCUT2D eigenvalue weighted by Crippen LogP contribution is -2.33. The quantitative estimate of drug-likeness (QED) is 0.313. The lowest BCUT2D eigenvalue weighted by molar-refractivity contribution is -0.118. The fourth-order valence-electron chi connectivity index (χ4n) is 4.47. The van der Waals surface area contributed by atoms with Crippen molar-refractivity contribution in [3.05, 3.63) is 66.5 Å². The van der Waals surface area contributed by atoms with Crippen LogP contribution in [0.25, 0.3) is 5.69 Å². The van der Waals surface area contributed by atoms with E-state index in [-0.39, 0.29) is 11.9 Å². The van der Waals surface area contributed by atoms with E-state index in [4.69, 9.17) is 0 Å². The highest BCUT2D eigenvalue weighted by Crippen LogP contribution is 2.29. The number of para-hydroxylation sites is 2. The van der Waals surface area contributed by atoms with Crippen LogP contribution in [0.15, 0.2) is 65.8 Å². The zero-order chi connectivity index (χ0) is 24.5. The first-order chi connectivity index (χ1) is 17.1. The number of hydrogen-bond donors (Lipinski definition) is 1. The molecule has 35 heavy (non-hydrogen) atoms. The monoisotopic (exact) mass is 492 g/mol. The number of nitrogens with one attached hydrogen (secondary N) is 1. The molecule has 0 aliphatic carbocycles. The number of piperidine rings is 1. The fourth-order valence-corrected chi connectivity index (χ4v) is 5.26. The van der Waals surface area contributed by atoms with Gasteiger partial charge in [-0.1, -0.05) is 54.6 Å². The number of likely N-dealkylation sites (tertiary alicyclic amines) is 1. The molecule has 1 unspecified atom stereocenters. The molecule has 3 aromatic rings. The summed E-state index contributed by atoms with van der Waals surface area (Å²) in [4.78, 5) is 17.2. The summed E-state index contributed by atoms with van der Waals surface area (Å²) in [5.41, 5.74) is 2.22. The van der Waals surface area contributed by atoms with Crippen LogP contribution < -0.4 is 10.2 Å². The average Bonchev–Trinajstić information content (AvgIpc) is 3.35. The maximum absolute atomic E-state index is 12.6. The van der Waals surface area contributed by atoms with Crippen molar-refractivity contribution in [2.24, 2.45) is 0 Å². The molecule has 8 heteroatoms. The van der Waals surface area contributed by atoms with Crippen LogP contribution in [0.3, 0.4) is 0 Å². The molecule has 2 heterocycles. The molecule has 186 valence electrons. The Hall–Kier alpha value is -2.84. The number of rotatable bonds is 11. The third-order valence-electron chi connectivity index (χ3n) is 6.51. The van der Waals surface area contributed by atoms with Gasteiger partial charge in [-0.25, -0.2) is 0 Å². The van der Waals surface area contributed by atoms with Gasteiger partial charge in [0.1, 0.15) is 0 Å². The average molecular weight is 493 g/mol. The van der Waals surface area contributed by atoms with Gasteiger partial charge in [-0.2, -0.15) is 0 Å². The lowest BCUT2D eigenvalue weighted by Gasteiger charge is -2.31. The molecule has 1 saturated heterocycles. The number of anilines is 1. The van der Waals surface area contributed by atoms with E-state index >= 15 is 0 Å². The third kappa shape index (κ3) is 6.86. The topological polar surface area (TPSA) is 66.3 Å². The molecule has 1 N–H and O–H groups in total. The maximum atomic E-state index is 12.6. The summed E-state index contributed by atoms with van der Waals surface area (Å²) in [6.07, 6.45) is 4.65. The zero-order valence-corrected chi connectivity index (χ0v) is 21.6. The van der Waals surface area contributed by atoms with E-state index < -0.39 is 0 Å². The highest BCUT2D eigenvalue weighted by Gasteiger charge is 2.25. The molecule has 0 radical (unpaired) electrons. The highest BCUT2D eigenvalue weighted by molar-refractivity contribution is 7.99. The van der Waals surface area contributed by atoms with Crippen LogP contribution in [0, 0.1) is 0 Å². The first kappa shape index (κ1) is 25.3. The zero-order valence-electron chi connectivity index (χ0n) is 20.8. The normalized spacial score (nSPS) is 15.0. The van der Waals surface area contributed by atoms with E-state index in [2.05, 4.69) is 68.1 Å². The number of hydrogen-bond acceptors (Lipinski definition) is 6. The Bertz CT molecular complexity index is 1050. The minimum absolute atomic E-state index is 0.0191. The number of nitrogens with zero attached hydrogens (tertiary/aromatic N) is 5. The Morgan fingerprint density at radius 2 is 1.71 bits per heavy atom. The molecular weight excluding hydrogens is 456 g/mol. The van der Waals surface area contributed by atoms with E-state index in [1.165, 1.54) is 36.7 Å². The second kappa shape index (κ2) is 12.7. The van der Waals surface area contributed by atoms with Gasteiger partial charge in [0.2, 0.25) is 5.91 Å². The molecule has 1 aliphatic heterocycles. The van der Waals surface area contributed by atoms with E-state index in [1.54, 1.807) is 0 Å². The minimum Gasteiger partial charge on any atom is -0.375 e. The van der Waals surface area contributed by atoms with Crippen molar-refractivity contribution < 1.29 is 4.79 Å². The second-order valence-electron chi connectivity index (χ2n) is 9.03. The molecule has 2 aromatic carbocycles. The van der Waals surface area contributed by atoms with Gasteiger partial charge in [0, 0.05) is 31.5 Å². The van der Waals surface area contributed by atoms with Crippen LogP contribution in [-0.4, -0.2) is 64.6 Å². The summed E-state index contributed by atoms with van der Waals surface area (Å²) in [6, 6.07) is 20.7. The fraction of sp³-hybridized carbons (Fsp3) is 0.444. The minimum atomic E-state index is 0.0191. The molecule has 0 saturated carbocycles. The van der Waals surface area contributed by atoms with E-state index in [9.17, 15) is 4.79 Å². The van der Waals surface area contributed by atoms with Crippen molar-refractivity contribution in [2.75, 3.05) is 43.9 Å². The third-order valence-corrected chi connectivity index (χ3v) is 7.44. The number of amides is 1. The molecule has 1 fully saturated rings. The van der Waals surface area contributed by atoms with Crippen molar-refractivity contribution in [1.82, 2.24) is 25.0 Å². The van der Waals surface area contributed by atoms with Crippen molar-refractivity contribution >= 4 is 23.4 Å². The van der Waals surface area contributed by atoms with Crippen LogP contribution in [0.4, 0.5) is 5.69 Å². The summed E-state index contributed by atoms with van der Waals surface area (Å²) in [7, 11) is 2.08. The summed E-state index contributed by atoms with van der Waals surface area (Å²) in [5, 5.41) is 12.9. The molecule has 1 aliphatic rings. The number of thioether (sulfide) groups is 1. The largest absolute Gasteiger partial charge is 0.375 e. The summed E-state index contributed by atoms with van der Waals surface area (Å²) < 4.78 is 2.12. The van der Waals surface area contributed by atoms with Gasteiger partial charge in [-0.15, -0.1) is 10.2 Å². The Morgan fingerprint density at radius 3 is 2.43 bits per heavy atom. The van der Waals surface area contributed by atoms with Crippen molar-refractivity contribution in [1.29, 1.82) is 0 Å². The van der Waals surface area contributed by atoms with E-state index in [1.807, 2.05) is 36.4 Å². The molecule has 4 rings (SSSR count). The second-order valence-corrected chi connectivity index (χ2v) is 9.98. The number of carbonyl (C=O) groups excluding carboxylic acids is 1. The van der Waals surface area contributed by atoms with Gasteiger partial charge in [0.15, 0.2) is 11.0 Å². The molecule has 1 atom stereocenters. The first-order valence-corrected chi connectivity index (χ1v) is 13.5. The van der Waals surface area contributed by atoms with Crippen molar-refractivity contribution in [3.8, 4) is 5.69 Å². The SMILES string of the molecule is CC(c1nnc(SCC(=O)NCCCN(C)c2ccccc2)n1-c1ccccc1)N1CCCCC1. The van der Waals surface area contributed by atoms with Crippen LogP contribution in [0.2, 0.25) is 0 Å². The van der Waals surface area contributed by atoms with Crippen LogP contribution in [0.5, 0.6) is 0 Å². The summed E-state index contributed by atoms with van der Waals surface area (Å²) >= 11 is 1.44. The molecule has 1 aromatic heterocycles. The van der Waals surface area contributed by atoms with Crippen LogP contribution >= 0.6 is 11.8 Å². The standard InChI is InChI=1S/C27H36N6OS/c1-22(32-19-10-5-11-20-32)26-29-30-27(33(26)24-15-8-4-9-16-24)35-21-25(34)28-17-12-18-31(2)23-13-6-3-7-14-23/h3-4,6-9,13-16,22H,5,10-12,17-21H2,1-2H3,(H,28,34). The molecule has 0 bridgehead atoms. The smallest absolute Gasteiger partial charge is 0.230 e. The number of benzene rings is 2. The molecular formula is C27H36N6OS. The Balaban J connectivity index is 1.33. The van der Waals surface area contributed by atoms with Crippen LogP contribution in [-0.2, 0) is 4.79 Å². The van der Waals surface area contributed by atoms with Crippen LogP contribution in [0.1, 0.15) is 44.5 Å². The van der Waals surface area contributed by atoms with Crippen molar-refractivity contribution in [2.45, 2.75) is 43.8 Å². The number of carbonyl (C=O) groups is 1. The Morgan fingerprint density at radius 1 is 1.03 bits per heavy atom. The highest BCUT2D eigenvalue weighted by atomic mass is 32.2. The van der Waals surface area contributed by atoms with Gasteiger partial charge >= 0.3 is 0 Å². The van der Waals surface area contributed by atoms with Gasteiger partial charge in [0.05, 0.1) is 11.8 Å². The molecule has 7 nitrogen and oxygen atoms in total. The lowest BCUT2D eigenvalue weighted by atomic mass is 10.1. The summed E-state index contributed by atoms with van der Waals surface area (Å²) in [6.45, 7) is 5.93. The van der Waals surface area contributed by atoms with Gasteiger partial charge < -0.3 is 10.2 Å². The first-order valence-electron chi connectivity index (χ1n) is 12.5. The van der Waals surface area contributed by atoms with E-state index in [0.29, 0.717) is 12.3 Å². The van der Waals surface area contributed by atoms with Crippen molar-refractivity contribution in [3.63, 3.8) is 0 Å². The van der Waals surface area contributed by atoms with Gasteiger partial charge in [-0.3, -0.25) is 14.3 Å². The molecule has 1 amide bonds. The van der Waals surface area contributed by atoms with Gasteiger partial charge in [0.25, 0.3) is 0 Å². The predicted molar refractivity (Wildman–Crippen MR) is 143 cm³/mol. The van der Waals surface area contributed by atoms with Gasteiger partial charge in [-0.05, 0) is 63.5 Å². The summed E-state index contributed by atoms with van der Waals surface area (Å²) in [5.74, 6) is 1.27. The Kier molecular flexibility index (Phi) is 9.20. The molecule has 0 spiro atoms. The predicted octanol–water partition coefficient (Wildman–Crippen LogP) is 4.55. The Labute approximate surface area is 212 Å².